The van der Waals surface area contributed by atoms with Gasteiger partial charge < -0.3 is 14.9 Å². The number of ether oxygens (including phenoxy) is 1. The number of aliphatic carboxylic acids is 1. The Morgan fingerprint density at radius 3 is 1.58 bits per heavy atom. The van der Waals surface area contributed by atoms with Crippen LogP contribution in [-0.2, 0) is 53.7 Å². The first-order chi connectivity index (χ1) is 15.0. The van der Waals surface area contributed by atoms with Crippen LogP contribution in [0.15, 0.2) is 0 Å². The molecule has 0 aliphatic carbocycles. The van der Waals surface area contributed by atoms with Crippen molar-refractivity contribution in [1.82, 2.24) is 9.80 Å². The second-order valence-electron chi connectivity index (χ2n) is 6.80. The second-order valence-corrected chi connectivity index (χ2v) is 9.99. The number of rotatable bonds is 9. The largest absolute Gasteiger partial charge is 0.481 e. The summed E-state index contributed by atoms with van der Waals surface area (Å²) in [5, 5.41) is 13.1. The topological polar surface area (TPSA) is 267 Å². The Bertz CT molecular complexity index is 1070. The van der Waals surface area contributed by atoms with E-state index in [4.69, 9.17) is 5.11 Å². The van der Waals surface area contributed by atoms with E-state index in [0.29, 0.717) is 0 Å². The summed E-state index contributed by atoms with van der Waals surface area (Å²) >= 11 is 0. The molecule has 0 saturated carbocycles. The van der Waals surface area contributed by atoms with Gasteiger partial charge in [-0.2, -0.15) is 16.8 Å². The van der Waals surface area contributed by atoms with E-state index in [-0.39, 0.29) is 9.80 Å². The minimum Gasteiger partial charge on any atom is -0.481 e. The van der Waals surface area contributed by atoms with Crippen LogP contribution in [0.5, 0.6) is 0 Å². The third kappa shape index (κ3) is 4.57. The zero-order valence-corrected chi connectivity index (χ0v) is 17.8. The van der Waals surface area contributed by atoms with Gasteiger partial charge in [0.05, 0.1) is 25.9 Å². The Morgan fingerprint density at radius 1 is 0.909 bits per heavy atom. The number of carboxylic acid groups (broad SMARTS) is 1. The number of hydrogen-bond donors (Lipinski definition) is 4. The summed E-state index contributed by atoms with van der Waals surface area (Å²) in [6, 6.07) is 0. The fourth-order valence-corrected chi connectivity index (χ4v) is 4.86. The van der Waals surface area contributed by atoms with Gasteiger partial charge in [0.25, 0.3) is 32.1 Å². The molecule has 184 valence electrons. The molecular formula is C14H16N2O15S2. The van der Waals surface area contributed by atoms with Gasteiger partial charge in [0, 0.05) is 0 Å². The molecule has 2 aliphatic heterocycles. The molecule has 33 heavy (non-hydrogen) atoms. The minimum atomic E-state index is -5.31. The average molecular weight is 516 g/mol. The molecule has 0 bridgehead atoms. The molecular weight excluding hydrogens is 500 g/mol. The van der Waals surface area contributed by atoms with Crippen LogP contribution in [0.1, 0.15) is 19.3 Å². The van der Waals surface area contributed by atoms with Crippen molar-refractivity contribution in [2.75, 3.05) is 13.2 Å². The highest BCUT2D eigenvalue weighted by atomic mass is 32.2. The Hall–Kier alpha value is -3.00. The maximum absolute atomic E-state index is 12.9. The maximum atomic E-state index is 12.9. The summed E-state index contributed by atoms with van der Waals surface area (Å²) in [7, 11) is -10.6. The number of esters is 1. The molecule has 19 heteroatoms. The number of likely N-dealkylation sites (tertiary alicyclic amines) is 2. The van der Waals surface area contributed by atoms with Gasteiger partial charge in [-0.15, -0.1) is 0 Å². The molecule has 2 atom stereocenters. The first kappa shape index (κ1) is 26.3. The van der Waals surface area contributed by atoms with Crippen LogP contribution in [0.2, 0.25) is 0 Å². The van der Waals surface area contributed by atoms with E-state index in [9.17, 15) is 59.8 Å². The summed E-state index contributed by atoms with van der Waals surface area (Å²) < 4.78 is 68.9. The van der Waals surface area contributed by atoms with Crippen molar-refractivity contribution in [3.8, 4) is 0 Å². The van der Waals surface area contributed by atoms with Gasteiger partial charge in [0.2, 0.25) is 17.5 Å². The third-order valence-corrected chi connectivity index (χ3v) is 6.89. The standard InChI is InChI=1S/C14H16N2O15S2/c17-1-2-31-13(24)14(5-10(20)21,15-8(18)3-6(11(15)22)32(25,26)27)16-9(19)4-7(12(16)23)33(28,29)30/h6-7,17H,1-5H2,(H,20,21)(H,25,26,27)(H,28,29,30). The Labute approximate surface area is 184 Å². The molecule has 17 nitrogen and oxygen atoms in total. The van der Waals surface area contributed by atoms with Crippen LogP contribution >= 0.6 is 0 Å². The predicted molar refractivity (Wildman–Crippen MR) is 96.6 cm³/mol. The fourth-order valence-electron chi connectivity index (χ4n) is 3.43. The number of carbonyl (C=O) groups is 6. The molecule has 2 aliphatic rings. The van der Waals surface area contributed by atoms with E-state index < -0.39 is 104 Å². The lowest BCUT2D eigenvalue weighted by molar-refractivity contribution is -0.189. The zero-order chi connectivity index (χ0) is 25.5. The van der Waals surface area contributed by atoms with Crippen LogP contribution in [0.3, 0.4) is 0 Å². The zero-order valence-electron chi connectivity index (χ0n) is 16.2. The molecule has 4 N–H and O–H groups in total. The smallest absolute Gasteiger partial charge is 0.355 e. The number of aliphatic hydroxyl groups is 1. The number of carboxylic acids is 1. The quantitative estimate of drug-likeness (QED) is 0.128. The molecule has 2 fully saturated rings. The molecule has 0 aromatic heterocycles. The molecule has 0 radical (unpaired) electrons. The fraction of sp³-hybridized carbons (Fsp3) is 0.571. The molecule has 0 aromatic rings. The number of hydrogen-bond acceptors (Lipinski definition) is 12. The molecule has 4 amide bonds. The van der Waals surface area contributed by atoms with Gasteiger partial charge in [-0.1, -0.05) is 0 Å². The van der Waals surface area contributed by atoms with E-state index in [0.717, 1.165) is 0 Å². The van der Waals surface area contributed by atoms with Gasteiger partial charge in [0.15, 0.2) is 10.5 Å². The number of amides is 4. The number of aliphatic hydroxyl groups excluding tert-OH is 1. The highest BCUT2D eigenvalue weighted by Crippen LogP contribution is 2.38. The summed E-state index contributed by atoms with van der Waals surface area (Å²) in [5.41, 5.74) is -3.58. The van der Waals surface area contributed by atoms with Crippen molar-refractivity contribution in [3.63, 3.8) is 0 Å². The van der Waals surface area contributed by atoms with Crippen LogP contribution in [0.4, 0.5) is 0 Å². The van der Waals surface area contributed by atoms with Gasteiger partial charge in [-0.25, -0.2) is 14.6 Å². The van der Waals surface area contributed by atoms with E-state index in [2.05, 4.69) is 4.74 Å². The second kappa shape index (κ2) is 8.74. The van der Waals surface area contributed by atoms with Crippen molar-refractivity contribution >= 4 is 55.8 Å². The first-order valence-electron chi connectivity index (χ1n) is 8.66. The van der Waals surface area contributed by atoms with E-state index in [1.807, 2.05) is 0 Å². The lowest BCUT2D eigenvalue weighted by Crippen LogP contribution is -2.70. The SMILES string of the molecule is O=C(O)CC(C(=O)OCCO)(N1C(=O)CC(S(=O)(=O)O)C1=O)N1C(=O)CC(S(=O)(=O)O)C1=O. The molecule has 0 aromatic carbocycles. The Balaban J connectivity index is 2.83. The van der Waals surface area contributed by atoms with Gasteiger partial charge >= 0.3 is 11.9 Å². The molecule has 0 spiro atoms. The van der Waals surface area contributed by atoms with Crippen molar-refractivity contribution < 1.29 is 69.7 Å². The van der Waals surface area contributed by atoms with Crippen LogP contribution in [0.25, 0.3) is 0 Å². The van der Waals surface area contributed by atoms with Crippen LogP contribution in [-0.4, -0.2) is 111 Å². The number of imide groups is 2. The lowest BCUT2D eigenvalue weighted by Gasteiger charge is -2.42. The third-order valence-electron chi connectivity index (χ3n) is 4.72. The first-order valence-corrected chi connectivity index (χ1v) is 11.7. The summed E-state index contributed by atoms with van der Waals surface area (Å²) in [5.74, 6) is -11.2. The summed E-state index contributed by atoms with van der Waals surface area (Å²) in [6.45, 7) is -1.82. The Morgan fingerprint density at radius 2 is 1.30 bits per heavy atom. The molecule has 2 unspecified atom stereocenters. The van der Waals surface area contributed by atoms with Crippen molar-refractivity contribution in [3.05, 3.63) is 0 Å². The molecule has 2 rings (SSSR count). The van der Waals surface area contributed by atoms with Gasteiger partial charge in [0.1, 0.15) is 6.61 Å². The van der Waals surface area contributed by atoms with E-state index in [1.165, 1.54) is 0 Å². The minimum absolute atomic E-state index is 0.387. The van der Waals surface area contributed by atoms with Crippen molar-refractivity contribution in [1.29, 1.82) is 0 Å². The van der Waals surface area contributed by atoms with Crippen molar-refractivity contribution in [2.24, 2.45) is 0 Å². The summed E-state index contributed by atoms with van der Waals surface area (Å²) in [6.07, 6.45) is -4.45. The normalized spacial score (nSPS) is 23.7. The van der Waals surface area contributed by atoms with Crippen LogP contribution in [0, 0.1) is 0 Å². The predicted octanol–water partition coefficient (Wildman–Crippen LogP) is -4.28. The average Bonchev–Trinajstić information content (AvgIpc) is 3.13. The van der Waals surface area contributed by atoms with Crippen molar-refractivity contribution in [2.45, 2.75) is 35.4 Å². The lowest BCUT2D eigenvalue weighted by atomic mass is 10.0. The molecule has 2 heterocycles. The number of carbonyl (C=O) groups excluding carboxylic acids is 5. The monoisotopic (exact) mass is 516 g/mol. The van der Waals surface area contributed by atoms with E-state index in [1.54, 1.807) is 0 Å². The Kier molecular flexibility index (Phi) is 6.95. The maximum Gasteiger partial charge on any atom is 0.355 e. The highest BCUT2D eigenvalue weighted by Gasteiger charge is 2.67. The molecule has 2 saturated heterocycles. The number of nitrogens with zero attached hydrogens (tertiary/aromatic N) is 2. The van der Waals surface area contributed by atoms with Crippen LogP contribution < -0.4 is 0 Å². The summed E-state index contributed by atoms with van der Waals surface area (Å²) in [4.78, 5) is 74.3. The van der Waals surface area contributed by atoms with Gasteiger partial charge in [-0.3, -0.25) is 33.1 Å². The highest BCUT2D eigenvalue weighted by molar-refractivity contribution is 7.87. The van der Waals surface area contributed by atoms with Gasteiger partial charge in [-0.05, 0) is 0 Å². The van der Waals surface area contributed by atoms with E-state index >= 15 is 0 Å².